The summed E-state index contributed by atoms with van der Waals surface area (Å²) in [4.78, 5) is 7.53. The molecule has 26 heavy (non-hydrogen) atoms. The number of aliphatic imine (C=N–C) groups is 1. The Hall–Kier alpha value is -2.61. The van der Waals surface area contributed by atoms with E-state index < -0.39 is 0 Å². The van der Waals surface area contributed by atoms with Gasteiger partial charge in [0.15, 0.2) is 0 Å². The van der Waals surface area contributed by atoms with Crippen molar-refractivity contribution in [3.05, 3.63) is 95.6 Å². The SMILES string of the molecule is CC1=CC=CCC1(C)C1=NCCN1C(c1ccccc1)c1ccccc1. The van der Waals surface area contributed by atoms with Crippen LogP contribution >= 0.6 is 0 Å². The average molecular weight is 342 g/mol. The van der Waals surface area contributed by atoms with Crippen molar-refractivity contribution >= 4 is 5.84 Å². The molecule has 2 heteroatoms. The molecule has 1 heterocycles. The quantitative estimate of drug-likeness (QED) is 0.726. The van der Waals surface area contributed by atoms with Crippen molar-refractivity contribution in [2.75, 3.05) is 13.1 Å². The number of hydrogen-bond donors (Lipinski definition) is 0. The van der Waals surface area contributed by atoms with Crippen LogP contribution in [-0.4, -0.2) is 23.8 Å². The maximum atomic E-state index is 5.00. The van der Waals surface area contributed by atoms with Crippen LogP contribution in [0.5, 0.6) is 0 Å². The van der Waals surface area contributed by atoms with Gasteiger partial charge >= 0.3 is 0 Å². The lowest BCUT2D eigenvalue weighted by atomic mass is 9.75. The number of benzene rings is 2. The molecule has 132 valence electrons. The third kappa shape index (κ3) is 2.90. The highest BCUT2D eigenvalue weighted by Crippen LogP contribution is 2.42. The molecule has 0 N–H and O–H groups in total. The minimum Gasteiger partial charge on any atom is -0.347 e. The smallest absolute Gasteiger partial charge is 0.110 e. The van der Waals surface area contributed by atoms with Crippen LogP contribution in [0.2, 0.25) is 0 Å². The summed E-state index contributed by atoms with van der Waals surface area (Å²) in [5.41, 5.74) is 4.02. The summed E-state index contributed by atoms with van der Waals surface area (Å²) in [6.07, 6.45) is 7.69. The lowest BCUT2D eigenvalue weighted by Crippen LogP contribution is -2.43. The van der Waals surface area contributed by atoms with Gasteiger partial charge in [0, 0.05) is 12.0 Å². The van der Waals surface area contributed by atoms with E-state index in [9.17, 15) is 0 Å². The molecule has 1 aliphatic carbocycles. The Morgan fingerprint density at radius 3 is 2.15 bits per heavy atom. The molecule has 0 saturated heterocycles. The average Bonchev–Trinajstić information content (AvgIpc) is 3.16. The van der Waals surface area contributed by atoms with Gasteiger partial charge in [-0.15, -0.1) is 0 Å². The largest absolute Gasteiger partial charge is 0.347 e. The first-order valence-electron chi connectivity index (χ1n) is 9.45. The predicted octanol–water partition coefficient (Wildman–Crippen LogP) is 5.40. The third-order valence-electron chi connectivity index (χ3n) is 5.79. The molecule has 2 aromatic rings. The molecule has 2 nitrogen and oxygen atoms in total. The van der Waals surface area contributed by atoms with Crippen LogP contribution in [0, 0.1) is 5.41 Å². The highest BCUT2D eigenvalue weighted by Gasteiger charge is 2.40. The Balaban J connectivity index is 1.78. The zero-order valence-corrected chi connectivity index (χ0v) is 15.6. The van der Waals surface area contributed by atoms with Crippen LogP contribution in [0.4, 0.5) is 0 Å². The molecule has 1 unspecified atom stereocenters. The Morgan fingerprint density at radius 2 is 1.58 bits per heavy atom. The van der Waals surface area contributed by atoms with E-state index in [0.717, 1.165) is 19.5 Å². The normalized spacial score (nSPS) is 22.5. The summed E-state index contributed by atoms with van der Waals surface area (Å²) in [6.45, 7) is 6.42. The highest BCUT2D eigenvalue weighted by molar-refractivity contribution is 5.93. The van der Waals surface area contributed by atoms with E-state index in [1.807, 2.05) is 0 Å². The highest BCUT2D eigenvalue weighted by atomic mass is 15.3. The molecule has 0 saturated carbocycles. The van der Waals surface area contributed by atoms with Crippen molar-refractivity contribution < 1.29 is 0 Å². The van der Waals surface area contributed by atoms with Gasteiger partial charge in [0.25, 0.3) is 0 Å². The lowest BCUT2D eigenvalue weighted by molar-refractivity contribution is 0.349. The number of allylic oxidation sites excluding steroid dienone is 3. The molecule has 1 atom stereocenters. The number of amidine groups is 1. The molecule has 1 aliphatic heterocycles. The summed E-state index contributed by atoms with van der Waals surface area (Å²) in [5, 5.41) is 0. The van der Waals surface area contributed by atoms with Crippen molar-refractivity contribution in [2.24, 2.45) is 10.4 Å². The van der Waals surface area contributed by atoms with Crippen molar-refractivity contribution in [3.8, 4) is 0 Å². The molecule has 2 aromatic carbocycles. The molecule has 0 aromatic heterocycles. The van der Waals surface area contributed by atoms with Crippen LogP contribution in [0.15, 0.2) is 89.5 Å². The van der Waals surface area contributed by atoms with Gasteiger partial charge < -0.3 is 4.90 Å². The summed E-state index contributed by atoms with van der Waals surface area (Å²) in [7, 11) is 0. The van der Waals surface area contributed by atoms with Gasteiger partial charge in [-0.1, -0.05) is 84.5 Å². The molecule has 4 rings (SSSR count). The van der Waals surface area contributed by atoms with E-state index in [2.05, 4.69) is 97.6 Å². The number of hydrogen-bond acceptors (Lipinski definition) is 2. The van der Waals surface area contributed by atoms with Crippen LogP contribution < -0.4 is 0 Å². The van der Waals surface area contributed by atoms with Crippen LogP contribution in [-0.2, 0) is 0 Å². The van der Waals surface area contributed by atoms with E-state index in [4.69, 9.17) is 4.99 Å². The lowest BCUT2D eigenvalue weighted by Gasteiger charge is -2.41. The van der Waals surface area contributed by atoms with Crippen molar-refractivity contribution in [1.82, 2.24) is 4.90 Å². The fraction of sp³-hybridized carbons (Fsp3) is 0.292. The zero-order valence-electron chi connectivity index (χ0n) is 15.6. The molecular formula is C24H26N2. The van der Waals surface area contributed by atoms with Gasteiger partial charge in [0.2, 0.25) is 0 Å². The first kappa shape index (κ1) is 16.8. The van der Waals surface area contributed by atoms with Crippen LogP contribution in [0.3, 0.4) is 0 Å². The first-order valence-corrected chi connectivity index (χ1v) is 9.45. The minimum atomic E-state index is -0.0208. The Kier molecular flexibility index (Phi) is 4.50. The van der Waals surface area contributed by atoms with Crippen molar-refractivity contribution in [3.63, 3.8) is 0 Å². The molecule has 2 aliphatic rings. The molecular weight excluding hydrogens is 316 g/mol. The Bertz CT molecular complexity index is 809. The zero-order chi connectivity index (χ0) is 18.0. The predicted molar refractivity (Wildman–Crippen MR) is 109 cm³/mol. The maximum absolute atomic E-state index is 5.00. The van der Waals surface area contributed by atoms with E-state index in [1.54, 1.807) is 0 Å². The van der Waals surface area contributed by atoms with E-state index >= 15 is 0 Å². The summed E-state index contributed by atoms with van der Waals surface area (Å²) < 4.78 is 0. The molecule has 0 amide bonds. The van der Waals surface area contributed by atoms with E-state index in [0.29, 0.717) is 0 Å². The summed E-state index contributed by atoms with van der Waals surface area (Å²) in [6, 6.07) is 21.9. The molecule has 0 bridgehead atoms. The standard InChI is InChI=1S/C24H26N2/c1-19-11-9-10-16-24(19,2)23-25-17-18-26(23)22(20-12-5-3-6-13-20)21-14-7-4-8-15-21/h3-15,22H,16-18H2,1-2H3. The van der Waals surface area contributed by atoms with Crippen molar-refractivity contribution in [1.29, 1.82) is 0 Å². The van der Waals surface area contributed by atoms with Crippen LogP contribution in [0.25, 0.3) is 0 Å². The fourth-order valence-electron chi connectivity index (χ4n) is 4.15. The summed E-state index contributed by atoms with van der Waals surface area (Å²) in [5.74, 6) is 1.23. The third-order valence-corrected chi connectivity index (χ3v) is 5.79. The second kappa shape index (κ2) is 6.95. The van der Waals surface area contributed by atoms with Gasteiger partial charge in [0.05, 0.1) is 12.6 Å². The van der Waals surface area contributed by atoms with E-state index in [-0.39, 0.29) is 11.5 Å². The Labute approximate surface area is 156 Å². The maximum Gasteiger partial charge on any atom is 0.110 e. The minimum absolute atomic E-state index is 0.0208. The second-order valence-corrected chi connectivity index (χ2v) is 7.44. The number of rotatable bonds is 4. The molecule has 0 fully saturated rings. The molecule has 0 spiro atoms. The first-order chi connectivity index (χ1) is 12.7. The number of nitrogens with zero attached hydrogens (tertiary/aromatic N) is 2. The van der Waals surface area contributed by atoms with Gasteiger partial charge in [-0.05, 0) is 31.4 Å². The second-order valence-electron chi connectivity index (χ2n) is 7.44. The Morgan fingerprint density at radius 1 is 0.962 bits per heavy atom. The van der Waals surface area contributed by atoms with Gasteiger partial charge in [0.1, 0.15) is 5.84 Å². The fourth-order valence-corrected chi connectivity index (χ4v) is 4.15. The van der Waals surface area contributed by atoms with Gasteiger partial charge in [-0.25, -0.2) is 0 Å². The molecule has 0 radical (unpaired) electrons. The van der Waals surface area contributed by atoms with Gasteiger partial charge in [-0.2, -0.15) is 0 Å². The van der Waals surface area contributed by atoms with Crippen molar-refractivity contribution in [2.45, 2.75) is 26.3 Å². The van der Waals surface area contributed by atoms with Gasteiger partial charge in [-0.3, -0.25) is 4.99 Å². The summed E-state index contributed by atoms with van der Waals surface area (Å²) >= 11 is 0. The van der Waals surface area contributed by atoms with Crippen LogP contribution in [0.1, 0.15) is 37.4 Å². The van der Waals surface area contributed by atoms with E-state index in [1.165, 1.54) is 22.5 Å². The topological polar surface area (TPSA) is 15.6 Å². The monoisotopic (exact) mass is 342 g/mol.